The molecule has 4 aromatic rings. The number of anilines is 1. The monoisotopic (exact) mass is 417 g/mol. The van der Waals surface area contributed by atoms with Crippen molar-refractivity contribution in [3.05, 3.63) is 94.8 Å². The molecule has 0 aliphatic rings. The summed E-state index contributed by atoms with van der Waals surface area (Å²) in [6, 6.07) is 21.8. The van der Waals surface area contributed by atoms with Crippen molar-refractivity contribution < 1.29 is 9.59 Å². The van der Waals surface area contributed by atoms with Crippen LogP contribution < -0.4 is 5.32 Å². The first-order chi connectivity index (χ1) is 14.5. The van der Waals surface area contributed by atoms with Crippen LogP contribution in [0, 0.1) is 0 Å². The lowest BCUT2D eigenvalue weighted by Gasteiger charge is -2.10. The average molecular weight is 418 g/mol. The Balaban J connectivity index is 1.67. The zero-order valence-corrected chi connectivity index (χ0v) is 17.2. The molecule has 1 N–H and O–H groups in total. The fourth-order valence-electron chi connectivity index (χ4n) is 3.35. The average Bonchev–Trinajstić information content (AvgIpc) is 3.12. The highest BCUT2D eigenvalue weighted by molar-refractivity contribution is 6.30. The van der Waals surface area contributed by atoms with Crippen molar-refractivity contribution in [3.63, 3.8) is 0 Å². The zero-order valence-electron chi connectivity index (χ0n) is 16.4. The zero-order chi connectivity index (χ0) is 21.1. The van der Waals surface area contributed by atoms with Crippen LogP contribution in [-0.2, 0) is 17.8 Å². The Morgan fingerprint density at radius 2 is 1.77 bits per heavy atom. The Labute approximate surface area is 179 Å². The van der Waals surface area contributed by atoms with Gasteiger partial charge in [-0.15, -0.1) is 0 Å². The van der Waals surface area contributed by atoms with Crippen molar-refractivity contribution in [3.8, 4) is 0 Å². The largest absolute Gasteiger partial charge is 0.325 e. The Bertz CT molecular complexity index is 1230. The lowest BCUT2D eigenvalue weighted by molar-refractivity contribution is -0.116. The van der Waals surface area contributed by atoms with E-state index in [1.165, 1.54) is 0 Å². The lowest BCUT2D eigenvalue weighted by atomic mass is 10.1. The van der Waals surface area contributed by atoms with Gasteiger partial charge in [0, 0.05) is 16.3 Å². The number of aromatic nitrogens is 2. The number of carbonyl (C=O) groups excluding carboxylic acids is 2. The second-order valence-electron chi connectivity index (χ2n) is 6.95. The van der Waals surface area contributed by atoms with Crippen LogP contribution in [0.4, 0.5) is 5.69 Å². The van der Waals surface area contributed by atoms with E-state index in [9.17, 15) is 9.59 Å². The van der Waals surface area contributed by atoms with Gasteiger partial charge in [0.1, 0.15) is 6.54 Å². The summed E-state index contributed by atoms with van der Waals surface area (Å²) in [4.78, 5) is 30.4. The van der Waals surface area contributed by atoms with Gasteiger partial charge in [-0.05, 0) is 60.5 Å². The van der Waals surface area contributed by atoms with E-state index < -0.39 is 0 Å². The first kappa shape index (κ1) is 19.9. The predicted octanol–water partition coefficient (Wildman–Crippen LogP) is 5.12. The van der Waals surface area contributed by atoms with Gasteiger partial charge in [0.2, 0.25) is 11.7 Å². The van der Waals surface area contributed by atoms with Gasteiger partial charge < -0.3 is 9.88 Å². The molecular weight excluding hydrogens is 398 g/mol. The summed E-state index contributed by atoms with van der Waals surface area (Å²) in [6.07, 6.45) is 0.885. The maximum Gasteiger partial charge on any atom is 0.244 e. The molecule has 1 amide bonds. The normalized spacial score (nSPS) is 10.9. The molecule has 0 aliphatic carbocycles. The summed E-state index contributed by atoms with van der Waals surface area (Å²) in [5.41, 5.74) is 3.73. The van der Waals surface area contributed by atoms with Crippen LogP contribution >= 0.6 is 11.6 Å². The number of carbonyl (C=O) groups is 2. The first-order valence-electron chi connectivity index (χ1n) is 9.69. The number of benzene rings is 3. The molecule has 6 heteroatoms. The number of nitrogens with one attached hydrogen (secondary N) is 1. The van der Waals surface area contributed by atoms with Crippen molar-refractivity contribution in [1.82, 2.24) is 9.55 Å². The lowest BCUT2D eigenvalue weighted by Crippen LogP contribution is -2.22. The van der Waals surface area contributed by atoms with E-state index in [4.69, 9.17) is 11.6 Å². The molecule has 4 rings (SSSR count). The number of imidazole rings is 1. The standard InChI is InChI=1S/C24H20ClN3O2/c1-2-16-6-5-7-19(14-16)26-22(29)15-28-21-9-4-3-8-20(21)27-24(28)23(30)17-10-12-18(25)13-11-17/h3-14H,2,15H2,1H3,(H,26,29). The van der Waals surface area contributed by atoms with Crippen LogP contribution in [0.3, 0.4) is 0 Å². The fraction of sp³-hybridized carbons (Fsp3) is 0.125. The smallest absolute Gasteiger partial charge is 0.244 e. The van der Waals surface area contributed by atoms with Gasteiger partial charge in [-0.1, -0.05) is 42.8 Å². The van der Waals surface area contributed by atoms with E-state index >= 15 is 0 Å². The van der Waals surface area contributed by atoms with Gasteiger partial charge in [-0.2, -0.15) is 0 Å². The van der Waals surface area contributed by atoms with Crippen LogP contribution in [0.5, 0.6) is 0 Å². The Morgan fingerprint density at radius 3 is 2.53 bits per heavy atom. The highest BCUT2D eigenvalue weighted by atomic mass is 35.5. The molecule has 5 nitrogen and oxygen atoms in total. The highest BCUT2D eigenvalue weighted by Gasteiger charge is 2.21. The molecule has 1 heterocycles. The molecule has 3 aromatic carbocycles. The number of halogens is 1. The topological polar surface area (TPSA) is 64.0 Å². The second kappa shape index (κ2) is 8.51. The summed E-state index contributed by atoms with van der Waals surface area (Å²) in [7, 11) is 0. The summed E-state index contributed by atoms with van der Waals surface area (Å²) in [5.74, 6) is -0.267. The minimum Gasteiger partial charge on any atom is -0.325 e. The quantitative estimate of drug-likeness (QED) is 0.443. The highest BCUT2D eigenvalue weighted by Crippen LogP contribution is 2.20. The van der Waals surface area contributed by atoms with E-state index in [2.05, 4.69) is 17.2 Å². The van der Waals surface area contributed by atoms with Gasteiger partial charge in [0.15, 0.2) is 5.82 Å². The first-order valence-corrected chi connectivity index (χ1v) is 10.1. The molecule has 0 aliphatic heterocycles. The van der Waals surface area contributed by atoms with Crippen LogP contribution in [0.2, 0.25) is 5.02 Å². The van der Waals surface area contributed by atoms with E-state index in [0.717, 1.165) is 23.2 Å². The fourth-order valence-corrected chi connectivity index (χ4v) is 3.48. The molecule has 0 saturated heterocycles. The summed E-state index contributed by atoms with van der Waals surface area (Å²) in [6.45, 7) is 2.04. The number of ketones is 1. The Morgan fingerprint density at radius 1 is 1.00 bits per heavy atom. The van der Waals surface area contributed by atoms with Crippen LogP contribution in [0.1, 0.15) is 28.7 Å². The molecule has 0 bridgehead atoms. The number of para-hydroxylation sites is 2. The molecule has 0 radical (unpaired) electrons. The number of amides is 1. The van der Waals surface area contributed by atoms with E-state index in [1.54, 1.807) is 28.8 Å². The third kappa shape index (κ3) is 4.11. The third-order valence-electron chi connectivity index (χ3n) is 4.88. The molecule has 150 valence electrons. The molecule has 0 atom stereocenters. The number of nitrogens with zero attached hydrogens (tertiary/aromatic N) is 2. The molecule has 0 fully saturated rings. The van der Waals surface area contributed by atoms with Gasteiger partial charge >= 0.3 is 0 Å². The molecule has 1 aromatic heterocycles. The van der Waals surface area contributed by atoms with Gasteiger partial charge in [0.25, 0.3) is 0 Å². The maximum absolute atomic E-state index is 13.1. The Hall–Kier alpha value is -3.44. The van der Waals surface area contributed by atoms with Crippen molar-refractivity contribution in [1.29, 1.82) is 0 Å². The number of aryl methyl sites for hydroxylation is 1. The SMILES string of the molecule is CCc1cccc(NC(=O)Cn2c(C(=O)c3ccc(Cl)cc3)nc3ccccc32)c1. The van der Waals surface area contributed by atoms with E-state index in [1.807, 2.05) is 48.5 Å². The third-order valence-corrected chi connectivity index (χ3v) is 5.14. The predicted molar refractivity (Wildman–Crippen MR) is 119 cm³/mol. The molecule has 0 unspecified atom stereocenters. The van der Waals surface area contributed by atoms with Crippen molar-refractivity contribution in [2.75, 3.05) is 5.32 Å². The minimum absolute atomic E-state index is 0.0223. The molecule has 0 saturated carbocycles. The second-order valence-corrected chi connectivity index (χ2v) is 7.38. The van der Waals surface area contributed by atoms with Gasteiger partial charge in [0.05, 0.1) is 11.0 Å². The minimum atomic E-state index is -0.261. The molecule has 0 spiro atoms. The van der Waals surface area contributed by atoms with Crippen molar-refractivity contribution >= 4 is 40.0 Å². The van der Waals surface area contributed by atoms with Crippen molar-refractivity contribution in [2.45, 2.75) is 19.9 Å². The number of fused-ring (bicyclic) bond motifs is 1. The maximum atomic E-state index is 13.1. The van der Waals surface area contributed by atoms with Gasteiger partial charge in [-0.3, -0.25) is 9.59 Å². The summed E-state index contributed by atoms with van der Waals surface area (Å²) in [5, 5.41) is 3.47. The van der Waals surface area contributed by atoms with Crippen LogP contribution in [0.25, 0.3) is 11.0 Å². The van der Waals surface area contributed by atoms with Crippen LogP contribution in [0.15, 0.2) is 72.8 Å². The van der Waals surface area contributed by atoms with E-state index in [0.29, 0.717) is 16.1 Å². The summed E-state index contributed by atoms with van der Waals surface area (Å²) < 4.78 is 1.66. The molecular formula is C24H20ClN3O2. The number of hydrogen-bond acceptors (Lipinski definition) is 3. The summed E-state index contributed by atoms with van der Waals surface area (Å²) >= 11 is 5.94. The Kier molecular flexibility index (Phi) is 5.63. The van der Waals surface area contributed by atoms with E-state index in [-0.39, 0.29) is 24.1 Å². The van der Waals surface area contributed by atoms with Crippen molar-refractivity contribution in [2.24, 2.45) is 0 Å². The van der Waals surface area contributed by atoms with Gasteiger partial charge in [-0.25, -0.2) is 4.98 Å². The number of rotatable bonds is 6. The number of hydrogen-bond donors (Lipinski definition) is 1. The molecule has 30 heavy (non-hydrogen) atoms. The van der Waals surface area contributed by atoms with Crippen LogP contribution in [-0.4, -0.2) is 21.2 Å².